The van der Waals surface area contributed by atoms with Crippen LogP contribution in [0.15, 0.2) is 70.5 Å². The lowest BCUT2D eigenvalue weighted by Crippen LogP contribution is -2.02. The van der Waals surface area contributed by atoms with Crippen molar-refractivity contribution in [1.29, 1.82) is 0 Å². The van der Waals surface area contributed by atoms with Crippen molar-refractivity contribution in [2.75, 3.05) is 25.7 Å². The quantitative estimate of drug-likeness (QED) is 0.120. The SMILES string of the molecule is CCCCOc1cc(C=Cc2ccc(SC)cc2)c(OCCCC)cc1C=Cc1ccc(SC)cc1. The van der Waals surface area contributed by atoms with E-state index in [2.05, 4.69) is 111 Å². The first-order chi connectivity index (χ1) is 17.7. The number of hydrogen-bond donors (Lipinski definition) is 0. The number of unbranched alkanes of at least 4 members (excludes halogenated alkanes) is 2. The van der Waals surface area contributed by atoms with Gasteiger partial charge in [-0.2, -0.15) is 0 Å². The smallest absolute Gasteiger partial charge is 0.127 e. The van der Waals surface area contributed by atoms with Crippen molar-refractivity contribution >= 4 is 47.8 Å². The summed E-state index contributed by atoms with van der Waals surface area (Å²) in [6.45, 7) is 5.78. The summed E-state index contributed by atoms with van der Waals surface area (Å²) in [6.07, 6.45) is 17.0. The average Bonchev–Trinajstić information content (AvgIpc) is 2.92. The van der Waals surface area contributed by atoms with Crippen LogP contribution in [0.4, 0.5) is 0 Å². The van der Waals surface area contributed by atoms with E-state index in [-0.39, 0.29) is 0 Å². The van der Waals surface area contributed by atoms with Gasteiger partial charge in [-0.05, 0) is 72.9 Å². The highest BCUT2D eigenvalue weighted by Crippen LogP contribution is 2.33. The maximum Gasteiger partial charge on any atom is 0.127 e. The maximum atomic E-state index is 6.26. The molecule has 0 aliphatic rings. The standard InChI is InChI=1S/C32H38O2S2/c1-5-7-21-33-31-23-28(16-10-26-13-19-30(36-4)20-14-26)32(34-22-8-6-2)24-27(31)15-9-25-11-17-29(35-3)18-12-25/h9-20,23-24H,5-8,21-22H2,1-4H3. The Balaban J connectivity index is 1.95. The number of thioether (sulfide) groups is 2. The molecule has 0 aromatic heterocycles. The van der Waals surface area contributed by atoms with Crippen molar-refractivity contribution in [2.24, 2.45) is 0 Å². The highest BCUT2D eigenvalue weighted by Gasteiger charge is 2.10. The second-order valence-electron chi connectivity index (χ2n) is 8.54. The molecular weight excluding hydrogens is 480 g/mol. The molecule has 0 saturated heterocycles. The lowest BCUT2D eigenvalue weighted by Gasteiger charge is -2.15. The third-order valence-electron chi connectivity index (χ3n) is 5.80. The predicted molar refractivity (Wildman–Crippen MR) is 162 cm³/mol. The molecule has 0 fully saturated rings. The van der Waals surface area contributed by atoms with E-state index in [4.69, 9.17) is 9.47 Å². The van der Waals surface area contributed by atoms with Gasteiger partial charge in [0.1, 0.15) is 11.5 Å². The van der Waals surface area contributed by atoms with E-state index in [1.54, 1.807) is 23.5 Å². The summed E-state index contributed by atoms with van der Waals surface area (Å²) in [4.78, 5) is 2.53. The Kier molecular flexibility index (Phi) is 12.1. The molecule has 0 N–H and O–H groups in total. The van der Waals surface area contributed by atoms with Crippen LogP contribution in [-0.2, 0) is 0 Å². The first-order valence-electron chi connectivity index (χ1n) is 12.7. The summed E-state index contributed by atoms with van der Waals surface area (Å²) in [5, 5.41) is 0. The largest absolute Gasteiger partial charge is 0.493 e. The molecule has 0 radical (unpaired) electrons. The van der Waals surface area contributed by atoms with E-state index in [9.17, 15) is 0 Å². The zero-order chi connectivity index (χ0) is 25.6. The molecule has 0 saturated carbocycles. The molecule has 3 aromatic carbocycles. The highest BCUT2D eigenvalue weighted by molar-refractivity contribution is 7.98. The van der Waals surface area contributed by atoms with E-state index < -0.39 is 0 Å². The van der Waals surface area contributed by atoms with Gasteiger partial charge in [0.2, 0.25) is 0 Å². The van der Waals surface area contributed by atoms with Gasteiger partial charge < -0.3 is 9.47 Å². The molecule has 36 heavy (non-hydrogen) atoms. The van der Waals surface area contributed by atoms with E-state index >= 15 is 0 Å². The number of ether oxygens (including phenoxy) is 2. The van der Waals surface area contributed by atoms with E-state index in [1.807, 2.05) is 0 Å². The summed E-state index contributed by atoms with van der Waals surface area (Å²) in [7, 11) is 0. The Morgan fingerprint density at radius 1 is 0.583 bits per heavy atom. The van der Waals surface area contributed by atoms with Crippen LogP contribution in [-0.4, -0.2) is 25.7 Å². The minimum Gasteiger partial charge on any atom is -0.493 e. The Morgan fingerprint density at radius 3 is 1.31 bits per heavy atom. The Bertz CT molecular complexity index is 1020. The monoisotopic (exact) mass is 518 g/mol. The van der Waals surface area contributed by atoms with Crippen molar-refractivity contribution in [3.05, 3.63) is 82.9 Å². The van der Waals surface area contributed by atoms with Gasteiger partial charge in [-0.25, -0.2) is 0 Å². The highest BCUT2D eigenvalue weighted by atomic mass is 32.2. The molecule has 3 aromatic rings. The third kappa shape index (κ3) is 8.83. The van der Waals surface area contributed by atoms with Gasteiger partial charge >= 0.3 is 0 Å². The number of rotatable bonds is 14. The van der Waals surface area contributed by atoms with Crippen LogP contribution < -0.4 is 9.47 Å². The van der Waals surface area contributed by atoms with E-state index in [0.29, 0.717) is 13.2 Å². The molecule has 3 rings (SSSR count). The molecular formula is C32H38O2S2. The number of hydrogen-bond acceptors (Lipinski definition) is 4. The normalized spacial score (nSPS) is 11.4. The Hall–Kier alpha value is -2.56. The van der Waals surface area contributed by atoms with Gasteiger partial charge in [0.05, 0.1) is 13.2 Å². The Labute approximate surface area is 226 Å². The van der Waals surface area contributed by atoms with Crippen molar-refractivity contribution in [3.63, 3.8) is 0 Å². The van der Waals surface area contributed by atoms with Crippen LogP contribution in [0, 0.1) is 0 Å². The van der Waals surface area contributed by atoms with Crippen molar-refractivity contribution in [3.8, 4) is 11.5 Å². The fraction of sp³-hybridized carbons (Fsp3) is 0.312. The van der Waals surface area contributed by atoms with Crippen molar-refractivity contribution in [2.45, 2.75) is 49.3 Å². The van der Waals surface area contributed by atoms with E-state index in [0.717, 1.165) is 48.3 Å². The Morgan fingerprint density at radius 2 is 0.972 bits per heavy atom. The van der Waals surface area contributed by atoms with Gasteiger partial charge in [-0.15, -0.1) is 23.5 Å². The second-order valence-corrected chi connectivity index (χ2v) is 10.3. The molecule has 0 bridgehead atoms. The van der Waals surface area contributed by atoms with Gasteiger partial charge in [-0.1, -0.05) is 75.3 Å². The lowest BCUT2D eigenvalue weighted by atomic mass is 10.1. The van der Waals surface area contributed by atoms with Crippen LogP contribution in [0.25, 0.3) is 24.3 Å². The van der Waals surface area contributed by atoms with Crippen molar-refractivity contribution < 1.29 is 9.47 Å². The summed E-state index contributed by atoms with van der Waals surface area (Å²) in [5.74, 6) is 1.78. The fourth-order valence-electron chi connectivity index (χ4n) is 3.56. The predicted octanol–water partition coefficient (Wildman–Crippen LogP) is 9.83. The first kappa shape index (κ1) is 28.0. The van der Waals surface area contributed by atoms with Crippen LogP contribution in [0.3, 0.4) is 0 Å². The summed E-state index contributed by atoms with van der Waals surface area (Å²) < 4.78 is 12.5. The number of benzene rings is 3. The first-order valence-corrected chi connectivity index (χ1v) is 15.2. The molecule has 4 heteroatoms. The van der Waals surface area contributed by atoms with E-state index in [1.165, 1.54) is 20.9 Å². The average molecular weight is 519 g/mol. The summed E-state index contributed by atoms with van der Waals surface area (Å²) >= 11 is 3.51. The third-order valence-corrected chi connectivity index (χ3v) is 7.28. The molecule has 0 unspecified atom stereocenters. The molecule has 0 heterocycles. The van der Waals surface area contributed by atoms with Crippen molar-refractivity contribution in [1.82, 2.24) is 0 Å². The molecule has 0 aliphatic heterocycles. The minimum absolute atomic E-state index is 0.703. The van der Waals surface area contributed by atoms with Crippen LogP contribution >= 0.6 is 23.5 Å². The molecule has 0 amide bonds. The zero-order valence-corrected chi connectivity index (χ0v) is 23.6. The molecule has 2 nitrogen and oxygen atoms in total. The van der Waals surface area contributed by atoms with Gasteiger partial charge in [0.15, 0.2) is 0 Å². The zero-order valence-electron chi connectivity index (χ0n) is 22.0. The lowest BCUT2D eigenvalue weighted by molar-refractivity contribution is 0.300. The molecule has 190 valence electrons. The van der Waals surface area contributed by atoms with Crippen LogP contribution in [0.2, 0.25) is 0 Å². The molecule has 0 spiro atoms. The van der Waals surface area contributed by atoms with Crippen LogP contribution in [0.1, 0.15) is 61.8 Å². The second kappa shape index (κ2) is 15.5. The molecule has 0 atom stereocenters. The maximum absolute atomic E-state index is 6.26. The summed E-state index contributed by atoms with van der Waals surface area (Å²) in [6, 6.07) is 21.5. The topological polar surface area (TPSA) is 18.5 Å². The van der Waals surface area contributed by atoms with Crippen LogP contribution in [0.5, 0.6) is 11.5 Å². The van der Waals surface area contributed by atoms with Gasteiger partial charge in [0, 0.05) is 20.9 Å². The molecule has 0 aliphatic carbocycles. The van der Waals surface area contributed by atoms with Gasteiger partial charge in [-0.3, -0.25) is 0 Å². The summed E-state index contributed by atoms with van der Waals surface area (Å²) in [5.41, 5.74) is 4.40. The minimum atomic E-state index is 0.703. The fourth-order valence-corrected chi connectivity index (χ4v) is 4.37. The van der Waals surface area contributed by atoms with Gasteiger partial charge in [0.25, 0.3) is 0 Å².